The normalized spacial score (nSPS) is 22.0. The van der Waals surface area contributed by atoms with Gasteiger partial charge in [0.2, 0.25) is 10.0 Å². The zero-order valence-electron chi connectivity index (χ0n) is 10.3. The Balaban J connectivity index is 2.85. The van der Waals surface area contributed by atoms with Gasteiger partial charge in [-0.15, -0.1) is 0 Å². The quantitative estimate of drug-likeness (QED) is 0.815. The fourth-order valence-electron chi connectivity index (χ4n) is 1.93. The highest BCUT2D eigenvalue weighted by Crippen LogP contribution is 2.32. The first kappa shape index (κ1) is 14.5. The van der Waals surface area contributed by atoms with Gasteiger partial charge in [0.05, 0.1) is 4.75 Å². The first-order valence-corrected chi connectivity index (χ1v) is 8.42. The van der Waals surface area contributed by atoms with Gasteiger partial charge in [-0.05, 0) is 33.6 Å². The lowest BCUT2D eigenvalue weighted by Gasteiger charge is -2.38. The Morgan fingerprint density at radius 3 is 2.06 bits per heavy atom. The van der Waals surface area contributed by atoms with E-state index in [-0.39, 0.29) is 5.54 Å². The van der Waals surface area contributed by atoms with Gasteiger partial charge in [-0.25, -0.2) is 13.1 Å². The van der Waals surface area contributed by atoms with Crippen LogP contribution in [-0.2, 0) is 10.0 Å². The molecule has 0 amide bonds. The van der Waals surface area contributed by atoms with Crippen LogP contribution in [0.15, 0.2) is 0 Å². The van der Waals surface area contributed by atoms with Crippen LogP contribution in [0.4, 0.5) is 0 Å². The van der Waals surface area contributed by atoms with Crippen LogP contribution in [0.1, 0.15) is 52.9 Å². The van der Waals surface area contributed by atoms with Crippen molar-refractivity contribution in [3.05, 3.63) is 0 Å². The third-order valence-corrected chi connectivity index (χ3v) is 6.61. The average molecular weight is 312 g/mol. The molecule has 1 saturated carbocycles. The van der Waals surface area contributed by atoms with Crippen molar-refractivity contribution in [1.82, 2.24) is 4.72 Å². The smallest absolute Gasteiger partial charge is 0.212 e. The second-order valence-corrected chi connectivity index (χ2v) is 8.69. The Labute approximate surface area is 108 Å². The molecule has 0 aliphatic heterocycles. The minimum Gasteiger partial charge on any atom is -0.212 e. The Bertz CT molecular complexity index is 326. The lowest BCUT2D eigenvalue weighted by molar-refractivity contribution is 0.299. The molecule has 0 aromatic heterocycles. The van der Waals surface area contributed by atoms with Crippen molar-refractivity contribution in [3.63, 3.8) is 0 Å². The Kier molecular flexibility index (Phi) is 4.46. The summed E-state index contributed by atoms with van der Waals surface area (Å²) in [7, 11) is -3.25. The van der Waals surface area contributed by atoms with Crippen molar-refractivity contribution in [3.8, 4) is 0 Å². The van der Waals surface area contributed by atoms with E-state index in [1.807, 2.05) is 0 Å². The number of nitrogens with one attached hydrogen (secondary N) is 1. The van der Waals surface area contributed by atoms with Crippen LogP contribution in [0, 0.1) is 0 Å². The summed E-state index contributed by atoms with van der Waals surface area (Å²) in [5.41, 5.74) is -0.260. The van der Waals surface area contributed by atoms with E-state index in [2.05, 4.69) is 20.7 Å². The molecule has 5 heteroatoms. The molecule has 96 valence electrons. The van der Waals surface area contributed by atoms with Crippen molar-refractivity contribution in [2.24, 2.45) is 0 Å². The summed E-state index contributed by atoms with van der Waals surface area (Å²) in [6.45, 7) is 5.21. The predicted molar refractivity (Wildman–Crippen MR) is 71.4 cm³/mol. The molecule has 1 rings (SSSR count). The SMILES string of the molecule is CC(C)(C)S(=O)(=O)NC1(CBr)CCCCC1. The molecule has 0 bridgehead atoms. The highest BCUT2D eigenvalue weighted by molar-refractivity contribution is 9.09. The van der Waals surface area contributed by atoms with Gasteiger partial charge in [-0.3, -0.25) is 0 Å². The largest absolute Gasteiger partial charge is 0.217 e. The second kappa shape index (κ2) is 4.94. The number of alkyl halides is 1. The molecule has 1 N–H and O–H groups in total. The fraction of sp³-hybridized carbons (Fsp3) is 1.00. The molecule has 0 aromatic carbocycles. The molecule has 1 aliphatic carbocycles. The average Bonchev–Trinajstić information content (AvgIpc) is 2.17. The van der Waals surface area contributed by atoms with Gasteiger partial charge in [0.1, 0.15) is 0 Å². The van der Waals surface area contributed by atoms with E-state index in [9.17, 15) is 8.42 Å². The predicted octanol–water partition coefficient (Wildman–Crippen LogP) is 2.80. The molecule has 1 aliphatic rings. The highest BCUT2D eigenvalue weighted by atomic mass is 79.9. The monoisotopic (exact) mass is 311 g/mol. The number of sulfonamides is 1. The number of rotatable bonds is 3. The number of hydrogen-bond donors (Lipinski definition) is 1. The molecule has 0 spiro atoms. The van der Waals surface area contributed by atoms with E-state index in [1.165, 1.54) is 6.42 Å². The summed E-state index contributed by atoms with van der Waals surface area (Å²) in [4.78, 5) is 0. The van der Waals surface area contributed by atoms with Crippen LogP contribution >= 0.6 is 15.9 Å². The van der Waals surface area contributed by atoms with Gasteiger partial charge < -0.3 is 0 Å². The molecule has 3 nitrogen and oxygen atoms in total. The van der Waals surface area contributed by atoms with Crippen LogP contribution < -0.4 is 4.72 Å². The molecular weight excluding hydrogens is 290 g/mol. The summed E-state index contributed by atoms with van der Waals surface area (Å²) in [5, 5.41) is 0.704. The summed E-state index contributed by atoms with van der Waals surface area (Å²) in [6, 6.07) is 0. The first-order valence-electron chi connectivity index (χ1n) is 5.82. The molecule has 1 fully saturated rings. The van der Waals surface area contributed by atoms with Gasteiger partial charge in [-0.2, -0.15) is 0 Å². The number of hydrogen-bond acceptors (Lipinski definition) is 2. The van der Waals surface area contributed by atoms with Crippen molar-refractivity contribution in [2.75, 3.05) is 5.33 Å². The third-order valence-electron chi connectivity index (χ3n) is 3.22. The van der Waals surface area contributed by atoms with E-state index < -0.39 is 14.8 Å². The highest BCUT2D eigenvalue weighted by Gasteiger charge is 2.39. The molecule has 0 radical (unpaired) electrons. The van der Waals surface area contributed by atoms with Gasteiger partial charge >= 0.3 is 0 Å². The molecule has 0 atom stereocenters. The summed E-state index contributed by atoms with van der Waals surface area (Å²) < 4.78 is 26.5. The van der Waals surface area contributed by atoms with E-state index >= 15 is 0 Å². The van der Waals surface area contributed by atoms with Crippen molar-refractivity contribution in [2.45, 2.75) is 63.2 Å². The Morgan fingerprint density at radius 2 is 1.69 bits per heavy atom. The van der Waals surface area contributed by atoms with Crippen LogP contribution in [-0.4, -0.2) is 24.0 Å². The molecule has 0 unspecified atom stereocenters. The maximum Gasteiger partial charge on any atom is 0.217 e. The van der Waals surface area contributed by atoms with E-state index in [0.29, 0.717) is 5.33 Å². The zero-order valence-corrected chi connectivity index (χ0v) is 12.7. The molecule has 0 aromatic rings. The van der Waals surface area contributed by atoms with Crippen LogP contribution in [0.2, 0.25) is 0 Å². The van der Waals surface area contributed by atoms with Crippen molar-refractivity contribution in [1.29, 1.82) is 0 Å². The van der Waals surface area contributed by atoms with E-state index in [0.717, 1.165) is 25.7 Å². The van der Waals surface area contributed by atoms with E-state index in [1.54, 1.807) is 20.8 Å². The molecular formula is C11H22BrNO2S. The third kappa shape index (κ3) is 3.20. The number of halogens is 1. The standard InChI is InChI=1S/C11H22BrNO2S/c1-10(2,3)16(14,15)13-11(9-12)7-5-4-6-8-11/h13H,4-9H2,1-3H3. The fourth-order valence-corrected chi connectivity index (χ4v) is 3.97. The maximum atomic E-state index is 12.2. The Morgan fingerprint density at radius 1 is 1.19 bits per heavy atom. The topological polar surface area (TPSA) is 46.2 Å². The van der Waals surface area contributed by atoms with E-state index in [4.69, 9.17) is 0 Å². The lowest BCUT2D eigenvalue weighted by atomic mass is 9.84. The van der Waals surface area contributed by atoms with Gasteiger partial charge in [0.25, 0.3) is 0 Å². The summed E-state index contributed by atoms with van der Waals surface area (Å²) in [6.07, 6.45) is 5.31. The zero-order chi connectivity index (χ0) is 12.4. The van der Waals surface area contributed by atoms with Crippen molar-refractivity contribution >= 4 is 26.0 Å². The van der Waals surface area contributed by atoms with Crippen LogP contribution in [0.3, 0.4) is 0 Å². The summed E-state index contributed by atoms with van der Waals surface area (Å²) in [5.74, 6) is 0. The first-order chi connectivity index (χ1) is 7.22. The minimum atomic E-state index is -3.25. The van der Waals surface area contributed by atoms with Gasteiger partial charge in [0.15, 0.2) is 0 Å². The van der Waals surface area contributed by atoms with Crippen LogP contribution in [0.5, 0.6) is 0 Å². The summed E-state index contributed by atoms with van der Waals surface area (Å²) >= 11 is 3.46. The lowest BCUT2D eigenvalue weighted by Crippen LogP contribution is -2.55. The minimum absolute atomic E-state index is 0.260. The molecule has 0 heterocycles. The van der Waals surface area contributed by atoms with Gasteiger partial charge in [0, 0.05) is 10.9 Å². The van der Waals surface area contributed by atoms with Crippen LogP contribution in [0.25, 0.3) is 0 Å². The Hall–Kier alpha value is 0.390. The van der Waals surface area contributed by atoms with Gasteiger partial charge in [-0.1, -0.05) is 35.2 Å². The maximum absolute atomic E-state index is 12.2. The molecule has 16 heavy (non-hydrogen) atoms. The van der Waals surface area contributed by atoms with Crippen molar-refractivity contribution < 1.29 is 8.42 Å². The molecule has 0 saturated heterocycles. The second-order valence-electron chi connectivity index (χ2n) is 5.69.